The van der Waals surface area contributed by atoms with Gasteiger partial charge in [-0.05, 0) is 24.3 Å². The molecule has 1 nitrogen and oxygen atoms in total. The third-order valence-electron chi connectivity index (χ3n) is 9.46. The monoisotopic (exact) mass is 592 g/mol. The first kappa shape index (κ1) is 40.4. The van der Waals surface area contributed by atoms with E-state index in [1.807, 2.05) is 0 Å². The molecule has 1 aromatic rings. The smallest absolute Gasteiger partial charge is 0.178 e. The van der Waals surface area contributed by atoms with Crippen LogP contribution in [0.2, 0.25) is 0 Å². The van der Waals surface area contributed by atoms with Gasteiger partial charge in [0.25, 0.3) is 0 Å². The molecule has 0 radical (unpaired) electrons. The lowest BCUT2D eigenvalue weighted by Gasteiger charge is -2.17. The molecular formula is C39H74ClN. The lowest BCUT2D eigenvalue weighted by Crippen LogP contribution is -3.00. The number of hydrogen-bond acceptors (Lipinski definition) is 0. The minimum Gasteiger partial charge on any atom is -1.00 e. The zero-order valence-corrected chi connectivity index (χ0v) is 29.4. The van der Waals surface area contributed by atoms with E-state index in [0.717, 1.165) is 5.92 Å². The van der Waals surface area contributed by atoms with Crippen LogP contribution in [0, 0.1) is 6.92 Å². The van der Waals surface area contributed by atoms with Crippen molar-refractivity contribution in [3.63, 3.8) is 0 Å². The van der Waals surface area contributed by atoms with Crippen LogP contribution in [0.5, 0.6) is 0 Å². The van der Waals surface area contributed by atoms with Gasteiger partial charge in [-0.1, -0.05) is 187 Å². The average molecular weight is 592 g/mol. The number of rotatable bonds is 30. The molecule has 41 heavy (non-hydrogen) atoms. The standard InChI is InChI=1S/C39H74N.ClH/c1-5-7-9-11-13-15-17-19-21-23-25-27-29-31-33-38(39-34-35-40(4)37(3)36-39)32-30-28-26-24-22-20-18-16-14-12-10-8-6-2;/h34-36,38H,5-33H2,1-4H3;1H/q+1;/p-1. The van der Waals surface area contributed by atoms with Gasteiger partial charge in [-0.3, -0.25) is 0 Å². The van der Waals surface area contributed by atoms with Gasteiger partial charge in [0.2, 0.25) is 0 Å². The maximum Gasteiger partial charge on any atom is 0.178 e. The molecule has 1 rings (SSSR count). The Kier molecular flexibility index (Phi) is 30.5. The zero-order chi connectivity index (χ0) is 28.9. The maximum atomic E-state index is 2.47. The first-order valence-electron chi connectivity index (χ1n) is 18.6. The van der Waals surface area contributed by atoms with Gasteiger partial charge in [0.15, 0.2) is 11.9 Å². The van der Waals surface area contributed by atoms with Crippen molar-refractivity contribution in [1.82, 2.24) is 0 Å². The molecular weight excluding hydrogens is 518 g/mol. The van der Waals surface area contributed by atoms with Crippen LogP contribution in [0.4, 0.5) is 0 Å². The van der Waals surface area contributed by atoms with Gasteiger partial charge < -0.3 is 12.4 Å². The Hall–Kier alpha value is -0.560. The quantitative estimate of drug-likeness (QED) is 0.0618. The van der Waals surface area contributed by atoms with Crippen molar-refractivity contribution in [1.29, 1.82) is 0 Å². The summed E-state index contributed by atoms with van der Waals surface area (Å²) in [7, 11) is 2.17. The molecule has 0 N–H and O–H groups in total. The number of nitrogens with zero attached hydrogens (tertiary/aromatic N) is 1. The minimum atomic E-state index is 0. The van der Waals surface area contributed by atoms with Crippen molar-refractivity contribution in [2.45, 2.75) is 213 Å². The first-order chi connectivity index (χ1) is 19.7. The highest BCUT2D eigenvalue weighted by Crippen LogP contribution is 2.29. The summed E-state index contributed by atoms with van der Waals surface area (Å²) < 4.78 is 2.26. The third kappa shape index (κ3) is 24.6. The van der Waals surface area contributed by atoms with Crippen LogP contribution in [0.25, 0.3) is 0 Å². The van der Waals surface area contributed by atoms with E-state index < -0.39 is 0 Å². The molecule has 0 amide bonds. The van der Waals surface area contributed by atoms with Gasteiger partial charge in [0, 0.05) is 19.1 Å². The minimum absolute atomic E-state index is 0. The maximum absolute atomic E-state index is 2.47. The topological polar surface area (TPSA) is 3.88 Å². The highest BCUT2D eigenvalue weighted by molar-refractivity contribution is 5.17. The largest absolute Gasteiger partial charge is 1.00 e. The molecule has 1 unspecified atom stereocenters. The molecule has 0 bridgehead atoms. The van der Waals surface area contributed by atoms with Gasteiger partial charge in [0.05, 0.1) is 0 Å². The second kappa shape index (κ2) is 30.9. The van der Waals surface area contributed by atoms with Crippen molar-refractivity contribution in [2.75, 3.05) is 0 Å². The Morgan fingerprint density at radius 3 is 1.07 bits per heavy atom. The number of unbranched alkanes of at least 4 members (excludes halogenated alkanes) is 25. The van der Waals surface area contributed by atoms with Crippen molar-refractivity contribution in [3.8, 4) is 0 Å². The highest BCUT2D eigenvalue weighted by Gasteiger charge is 2.14. The fraction of sp³-hybridized carbons (Fsp3) is 0.872. The predicted octanol–water partition coefficient (Wildman–Crippen LogP) is 10.3. The van der Waals surface area contributed by atoms with Crippen LogP contribution >= 0.6 is 0 Å². The summed E-state index contributed by atoms with van der Waals surface area (Å²) in [4.78, 5) is 0. The Morgan fingerprint density at radius 2 is 0.780 bits per heavy atom. The van der Waals surface area contributed by atoms with Gasteiger partial charge in [0.1, 0.15) is 7.05 Å². The average Bonchev–Trinajstić information content (AvgIpc) is 2.96. The third-order valence-corrected chi connectivity index (χ3v) is 9.46. The molecule has 0 aromatic carbocycles. The molecule has 242 valence electrons. The van der Waals surface area contributed by atoms with E-state index in [1.165, 1.54) is 192 Å². The Labute approximate surface area is 265 Å². The number of aryl methyl sites for hydroxylation is 2. The van der Waals surface area contributed by atoms with Crippen molar-refractivity contribution >= 4 is 0 Å². The predicted molar refractivity (Wildman–Crippen MR) is 180 cm³/mol. The van der Waals surface area contributed by atoms with E-state index in [1.54, 1.807) is 5.56 Å². The molecule has 0 aliphatic carbocycles. The van der Waals surface area contributed by atoms with Gasteiger partial charge in [-0.15, -0.1) is 0 Å². The number of aromatic nitrogens is 1. The zero-order valence-electron chi connectivity index (χ0n) is 28.6. The molecule has 0 fully saturated rings. The molecule has 1 atom stereocenters. The molecule has 0 aliphatic rings. The molecule has 0 saturated heterocycles. The summed E-state index contributed by atoms with van der Waals surface area (Å²) in [6, 6.07) is 4.88. The Balaban J connectivity index is 0.0000160. The van der Waals surface area contributed by atoms with Crippen LogP contribution < -0.4 is 17.0 Å². The highest BCUT2D eigenvalue weighted by atomic mass is 35.5. The van der Waals surface area contributed by atoms with Crippen LogP contribution in [-0.2, 0) is 7.05 Å². The van der Waals surface area contributed by atoms with E-state index in [4.69, 9.17) is 0 Å². The van der Waals surface area contributed by atoms with Crippen molar-refractivity contribution < 1.29 is 17.0 Å². The second-order valence-corrected chi connectivity index (χ2v) is 13.3. The van der Waals surface area contributed by atoms with E-state index >= 15 is 0 Å². The SMILES string of the molecule is CCCCCCCCCCCCCCCCC(CCCCCCCCCCCCCCC)c1cc[n+](C)c(C)c1.[Cl-]. The summed E-state index contributed by atoms with van der Waals surface area (Å²) in [6.07, 6.45) is 44.2. The van der Waals surface area contributed by atoms with Gasteiger partial charge in [-0.2, -0.15) is 0 Å². The Bertz CT molecular complexity index is 657. The van der Waals surface area contributed by atoms with Crippen LogP contribution in [0.3, 0.4) is 0 Å². The van der Waals surface area contributed by atoms with Gasteiger partial charge >= 0.3 is 0 Å². The Morgan fingerprint density at radius 1 is 0.488 bits per heavy atom. The summed E-state index contributed by atoms with van der Waals surface area (Å²) in [5, 5.41) is 0. The second-order valence-electron chi connectivity index (χ2n) is 13.3. The molecule has 2 heteroatoms. The normalized spacial score (nSPS) is 12.0. The molecule has 0 aliphatic heterocycles. The van der Waals surface area contributed by atoms with Crippen LogP contribution in [0.1, 0.15) is 217 Å². The van der Waals surface area contributed by atoms with E-state index in [-0.39, 0.29) is 12.4 Å². The lowest BCUT2D eigenvalue weighted by atomic mass is 9.88. The molecule has 1 aromatic heterocycles. The molecule has 1 heterocycles. The number of pyridine rings is 1. The van der Waals surface area contributed by atoms with Gasteiger partial charge in [-0.25, -0.2) is 4.57 Å². The first-order valence-corrected chi connectivity index (χ1v) is 18.6. The van der Waals surface area contributed by atoms with Crippen molar-refractivity contribution in [3.05, 3.63) is 29.6 Å². The van der Waals surface area contributed by atoms with E-state index in [0.29, 0.717) is 0 Å². The molecule has 0 spiro atoms. The number of halogens is 1. The summed E-state index contributed by atoms with van der Waals surface area (Å²) >= 11 is 0. The van der Waals surface area contributed by atoms with Crippen LogP contribution in [0.15, 0.2) is 18.3 Å². The summed E-state index contributed by atoms with van der Waals surface area (Å²) in [6.45, 7) is 6.88. The van der Waals surface area contributed by atoms with E-state index in [2.05, 4.69) is 50.7 Å². The fourth-order valence-electron chi connectivity index (χ4n) is 6.43. The van der Waals surface area contributed by atoms with E-state index in [9.17, 15) is 0 Å². The lowest BCUT2D eigenvalue weighted by molar-refractivity contribution is -0.677. The summed E-state index contributed by atoms with van der Waals surface area (Å²) in [5.74, 6) is 0.768. The summed E-state index contributed by atoms with van der Waals surface area (Å²) in [5.41, 5.74) is 3.00. The molecule has 0 saturated carbocycles. The number of hydrogen-bond donors (Lipinski definition) is 0. The van der Waals surface area contributed by atoms with Crippen molar-refractivity contribution in [2.24, 2.45) is 7.05 Å². The van der Waals surface area contributed by atoms with Crippen LogP contribution in [-0.4, -0.2) is 0 Å². The fourth-order valence-corrected chi connectivity index (χ4v) is 6.43.